The third-order valence-corrected chi connectivity index (χ3v) is 4.40. The molecule has 0 atom stereocenters. The maximum absolute atomic E-state index is 12.3. The smallest absolute Gasteiger partial charge is 0.297 e. The summed E-state index contributed by atoms with van der Waals surface area (Å²) in [5.41, 5.74) is -0.0484. The molecule has 0 aromatic heterocycles. The van der Waals surface area contributed by atoms with Gasteiger partial charge in [0.15, 0.2) is 0 Å². The van der Waals surface area contributed by atoms with Crippen molar-refractivity contribution in [1.29, 1.82) is 0 Å². The monoisotopic (exact) mass is 314 g/mol. The Balaban J connectivity index is 2.71. The zero-order valence-corrected chi connectivity index (χ0v) is 14.6. The van der Waals surface area contributed by atoms with Gasteiger partial charge in [0.2, 0.25) is 0 Å². The zero-order valence-electron chi connectivity index (χ0n) is 13.8. The van der Waals surface area contributed by atoms with Gasteiger partial charge in [-0.25, -0.2) is 0 Å². The van der Waals surface area contributed by atoms with Gasteiger partial charge < -0.3 is 4.74 Å². The molecule has 1 aromatic carbocycles. The molecule has 0 N–H and O–H groups in total. The molecule has 0 aliphatic carbocycles. The van der Waals surface area contributed by atoms with Gasteiger partial charge in [0.1, 0.15) is 0 Å². The average Bonchev–Trinajstić information content (AvgIpc) is 2.25. The van der Waals surface area contributed by atoms with E-state index in [4.69, 9.17) is 8.92 Å². The number of ether oxygens (including phenoxy) is 1. The normalized spacial score (nSPS) is 13.4. The van der Waals surface area contributed by atoms with Crippen LogP contribution in [0.15, 0.2) is 29.2 Å². The Kier molecular flexibility index (Phi) is 5.58. The van der Waals surface area contributed by atoms with E-state index in [0.29, 0.717) is 13.0 Å². The minimum Gasteiger partial charge on any atom is -0.376 e. The van der Waals surface area contributed by atoms with Crippen molar-refractivity contribution in [2.75, 3.05) is 6.61 Å². The second kappa shape index (κ2) is 6.46. The molecule has 120 valence electrons. The van der Waals surface area contributed by atoms with Crippen LogP contribution in [0.3, 0.4) is 0 Å². The number of benzene rings is 1. The van der Waals surface area contributed by atoms with Crippen LogP contribution in [0.1, 0.15) is 46.6 Å². The summed E-state index contributed by atoms with van der Waals surface area (Å²) in [6, 6.07) is 6.64. The Labute approximate surface area is 128 Å². The second-order valence-electron chi connectivity index (χ2n) is 6.82. The maximum atomic E-state index is 12.3. The predicted molar refractivity (Wildman–Crippen MR) is 83.9 cm³/mol. The van der Waals surface area contributed by atoms with E-state index in [2.05, 4.69) is 0 Å². The summed E-state index contributed by atoms with van der Waals surface area (Å²) in [5.74, 6) is 0. The first kappa shape index (κ1) is 18.1. The third kappa shape index (κ3) is 6.59. The van der Waals surface area contributed by atoms with Crippen molar-refractivity contribution >= 4 is 10.1 Å². The highest BCUT2D eigenvalue weighted by Crippen LogP contribution is 2.24. The van der Waals surface area contributed by atoms with Crippen molar-refractivity contribution in [1.82, 2.24) is 0 Å². The third-order valence-electron chi connectivity index (χ3n) is 2.88. The maximum Gasteiger partial charge on any atom is 0.297 e. The lowest BCUT2D eigenvalue weighted by molar-refractivity contribution is -0.0279. The van der Waals surface area contributed by atoms with Gasteiger partial charge in [-0.3, -0.25) is 4.18 Å². The highest BCUT2D eigenvalue weighted by molar-refractivity contribution is 7.86. The molecule has 0 unspecified atom stereocenters. The lowest BCUT2D eigenvalue weighted by Crippen LogP contribution is -2.31. The van der Waals surface area contributed by atoms with E-state index in [1.165, 1.54) is 0 Å². The highest BCUT2D eigenvalue weighted by atomic mass is 32.2. The molecule has 0 bridgehead atoms. The highest BCUT2D eigenvalue weighted by Gasteiger charge is 2.28. The van der Waals surface area contributed by atoms with Crippen molar-refractivity contribution in [3.63, 3.8) is 0 Å². The molecule has 0 saturated heterocycles. The van der Waals surface area contributed by atoms with Crippen molar-refractivity contribution in [2.45, 2.75) is 64.1 Å². The summed E-state index contributed by atoms with van der Waals surface area (Å²) >= 11 is 0. The first-order valence-corrected chi connectivity index (χ1v) is 8.48. The van der Waals surface area contributed by atoms with Crippen LogP contribution in [-0.4, -0.2) is 26.2 Å². The molecule has 4 nitrogen and oxygen atoms in total. The Morgan fingerprint density at radius 2 is 1.52 bits per heavy atom. The van der Waals surface area contributed by atoms with Gasteiger partial charge in [0.25, 0.3) is 10.1 Å². The van der Waals surface area contributed by atoms with Gasteiger partial charge in [-0.2, -0.15) is 8.42 Å². The zero-order chi connectivity index (χ0) is 16.3. The van der Waals surface area contributed by atoms with Crippen LogP contribution < -0.4 is 0 Å². The van der Waals surface area contributed by atoms with E-state index >= 15 is 0 Å². The lowest BCUT2D eigenvalue weighted by Gasteiger charge is -2.27. The molecule has 0 aliphatic heterocycles. The molecule has 1 rings (SSSR count). The molecule has 0 fully saturated rings. The van der Waals surface area contributed by atoms with Crippen molar-refractivity contribution < 1.29 is 17.3 Å². The number of hydrogen-bond acceptors (Lipinski definition) is 4. The van der Waals surface area contributed by atoms with E-state index in [0.717, 1.165) is 5.56 Å². The second-order valence-corrected chi connectivity index (χ2v) is 8.37. The lowest BCUT2D eigenvalue weighted by atomic mass is 10.1. The van der Waals surface area contributed by atoms with E-state index in [9.17, 15) is 8.42 Å². The van der Waals surface area contributed by atoms with E-state index in [-0.39, 0.29) is 10.5 Å². The molecule has 0 spiro atoms. The predicted octanol–water partition coefficient (Wildman–Crippen LogP) is 3.68. The SMILES string of the molecule is Cc1ccc(S(=O)(=O)OC(C)(C)CCOC(C)(C)C)cc1. The first-order valence-electron chi connectivity index (χ1n) is 7.08. The Morgan fingerprint density at radius 3 is 2.00 bits per heavy atom. The molecule has 1 aromatic rings. The Hall–Kier alpha value is -0.910. The van der Waals surface area contributed by atoms with Crippen LogP contribution in [0.5, 0.6) is 0 Å². The van der Waals surface area contributed by atoms with Crippen LogP contribution >= 0.6 is 0 Å². The molecule has 0 aliphatic rings. The fraction of sp³-hybridized carbons (Fsp3) is 0.625. The minimum absolute atomic E-state index is 0.179. The van der Waals surface area contributed by atoms with Crippen LogP contribution in [-0.2, 0) is 19.0 Å². The molecule has 0 saturated carbocycles. The number of hydrogen-bond donors (Lipinski definition) is 0. The summed E-state index contributed by atoms with van der Waals surface area (Å²) in [6.45, 7) is 11.7. The van der Waals surface area contributed by atoms with Gasteiger partial charge in [-0.1, -0.05) is 17.7 Å². The van der Waals surface area contributed by atoms with Crippen molar-refractivity contribution in [3.05, 3.63) is 29.8 Å². The van der Waals surface area contributed by atoms with Gasteiger partial charge >= 0.3 is 0 Å². The summed E-state index contributed by atoms with van der Waals surface area (Å²) in [5, 5.41) is 0. The fourth-order valence-corrected chi connectivity index (χ4v) is 2.94. The average molecular weight is 314 g/mol. The number of aryl methyl sites for hydroxylation is 1. The van der Waals surface area contributed by atoms with Crippen LogP contribution in [0.2, 0.25) is 0 Å². The van der Waals surface area contributed by atoms with Gasteiger partial charge in [0.05, 0.1) is 22.7 Å². The van der Waals surface area contributed by atoms with Crippen LogP contribution in [0, 0.1) is 6.92 Å². The molecule has 0 radical (unpaired) electrons. The summed E-state index contributed by atoms with van der Waals surface area (Å²) < 4.78 is 35.5. The molecular formula is C16H26O4S. The van der Waals surface area contributed by atoms with E-state index < -0.39 is 15.7 Å². The standard InChI is InChI=1S/C16H26O4S/c1-13-7-9-14(10-8-13)21(17,18)20-16(5,6)11-12-19-15(2,3)4/h7-10H,11-12H2,1-6H3. The summed E-state index contributed by atoms with van der Waals surface area (Å²) in [4.78, 5) is 0.179. The topological polar surface area (TPSA) is 52.6 Å². The summed E-state index contributed by atoms with van der Waals surface area (Å²) in [6.07, 6.45) is 0.495. The molecule has 21 heavy (non-hydrogen) atoms. The Bertz CT molecular complexity index is 551. The van der Waals surface area contributed by atoms with Crippen molar-refractivity contribution in [2.24, 2.45) is 0 Å². The van der Waals surface area contributed by atoms with E-state index in [1.54, 1.807) is 38.1 Å². The van der Waals surface area contributed by atoms with Gasteiger partial charge in [-0.05, 0) is 53.7 Å². The largest absolute Gasteiger partial charge is 0.376 e. The summed E-state index contributed by atoms with van der Waals surface area (Å²) in [7, 11) is -3.76. The van der Waals surface area contributed by atoms with Crippen LogP contribution in [0.25, 0.3) is 0 Å². The molecular weight excluding hydrogens is 288 g/mol. The molecule has 5 heteroatoms. The molecule has 0 amide bonds. The Morgan fingerprint density at radius 1 is 1.00 bits per heavy atom. The van der Waals surface area contributed by atoms with Crippen molar-refractivity contribution in [3.8, 4) is 0 Å². The van der Waals surface area contributed by atoms with Gasteiger partial charge in [-0.15, -0.1) is 0 Å². The minimum atomic E-state index is -3.76. The van der Waals surface area contributed by atoms with E-state index in [1.807, 2.05) is 27.7 Å². The van der Waals surface area contributed by atoms with Crippen LogP contribution in [0.4, 0.5) is 0 Å². The molecule has 0 heterocycles. The first-order chi connectivity index (χ1) is 9.41. The quantitative estimate of drug-likeness (QED) is 0.752. The van der Waals surface area contributed by atoms with Gasteiger partial charge in [0, 0.05) is 6.42 Å². The fourth-order valence-electron chi connectivity index (χ4n) is 1.69. The number of rotatable bonds is 6.